The number of fused-ring (bicyclic) bond motifs is 1. The summed E-state index contributed by atoms with van der Waals surface area (Å²) in [7, 11) is 0. The lowest BCUT2D eigenvalue weighted by atomic mass is 9.97. The van der Waals surface area contributed by atoms with Crippen molar-refractivity contribution in [2.45, 2.75) is 77.9 Å². The van der Waals surface area contributed by atoms with Crippen LogP contribution in [0.3, 0.4) is 0 Å². The molecule has 2 saturated heterocycles. The SMILES string of the molecule is CC(=O)N1[C@H]2[C@@H](OC1(C)C)[C@H](OCc1ccccc1)O[C@@H]2CC(C)C. The van der Waals surface area contributed by atoms with Gasteiger partial charge in [-0.1, -0.05) is 44.2 Å². The molecule has 3 rings (SSSR count). The van der Waals surface area contributed by atoms with Crippen LogP contribution >= 0.6 is 0 Å². The molecule has 2 heterocycles. The number of hydrogen-bond acceptors (Lipinski definition) is 4. The minimum atomic E-state index is -0.644. The highest BCUT2D eigenvalue weighted by Crippen LogP contribution is 2.43. The summed E-state index contributed by atoms with van der Waals surface area (Å²) in [5, 5.41) is 0. The van der Waals surface area contributed by atoms with Gasteiger partial charge in [-0.3, -0.25) is 4.79 Å². The molecule has 0 saturated carbocycles. The Morgan fingerprint density at radius 2 is 1.96 bits per heavy atom. The Morgan fingerprint density at radius 1 is 1.28 bits per heavy atom. The molecule has 0 radical (unpaired) electrons. The van der Waals surface area contributed by atoms with Crippen LogP contribution in [0.5, 0.6) is 0 Å². The van der Waals surface area contributed by atoms with E-state index in [9.17, 15) is 4.79 Å². The van der Waals surface area contributed by atoms with E-state index in [1.165, 1.54) is 0 Å². The fourth-order valence-corrected chi connectivity index (χ4v) is 4.03. The Kier molecular flexibility index (Phi) is 5.19. The van der Waals surface area contributed by atoms with Gasteiger partial charge in [-0.2, -0.15) is 0 Å². The van der Waals surface area contributed by atoms with E-state index >= 15 is 0 Å². The van der Waals surface area contributed by atoms with Gasteiger partial charge in [0.1, 0.15) is 11.8 Å². The van der Waals surface area contributed by atoms with E-state index < -0.39 is 12.0 Å². The number of nitrogens with zero attached hydrogens (tertiary/aromatic N) is 1. The summed E-state index contributed by atoms with van der Waals surface area (Å²) >= 11 is 0. The zero-order valence-corrected chi connectivity index (χ0v) is 15.8. The largest absolute Gasteiger partial charge is 0.345 e. The first-order valence-corrected chi connectivity index (χ1v) is 9.08. The van der Waals surface area contributed by atoms with Crippen molar-refractivity contribution in [1.29, 1.82) is 0 Å². The average molecular weight is 347 g/mol. The lowest BCUT2D eigenvalue weighted by Crippen LogP contribution is -2.50. The number of ether oxygens (including phenoxy) is 3. The summed E-state index contributed by atoms with van der Waals surface area (Å²) in [6, 6.07) is 9.92. The van der Waals surface area contributed by atoms with Gasteiger partial charge in [0.05, 0.1) is 18.8 Å². The van der Waals surface area contributed by atoms with Crippen LogP contribution in [0.25, 0.3) is 0 Å². The van der Waals surface area contributed by atoms with Crippen LogP contribution in [0, 0.1) is 5.92 Å². The van der Waals surface area contributed by atoms with Crippen LogP contribution in [0.2, 0.25) is 0 Å². The maximum absolute atomic E-state index is 12.3. The standard InChI is InChI=1S/C20H29NO4/c1-13(2)11-16-17-18(25-20(4,5)21(17)14(3)22)19(24-16)23-12-15-9-7-6-8-10-15/h6-10,13,16-19H,11-12H2,1-5H3/t16-,17-,18-,19-/m1/s1. The normalized spacial score (nSPS) is 30.7. The molecule has 2 fully saturated rings. The zero-order chi connectivity index (χ0) is 18.2. The second kappa shape index (κ2) is 7.06. The molecule has 0 aliphatic carbocycles. The molecule has 0 N–H and O–H groups in total. The van der Waals surface area contributed by atoms with E-state index in [1.807, 2.05) is 49.1 Å². The molecule has 1 amide bonds. The van der Waals surface area contributed by atoms with Crippen molar-refractivity contribution in [1.82, 2.24) is 4.90 Å². The highest BCUT2D eigenvalue weighted by atomic mass is 16.7. The van der Waals surface area contributed by atoms with E-state index in [1.54, 1.807) is 6.92 Å². The third kappa shape index (κ3) is 3.73. The number of hydrogen-bond donors (Lipinski definition) is 0. The molecular formula is C20H29NO4. The van der Waals surface area contributed by atoms with Crippen LogP contribution in [-0.4, -0.2) is 41.1 Å². The summed E-state index contributed by atoms with van der Waals surface area (Å²) in [6.45, 7) is 10.3. The van der Waals surface area contributed by atoms with E-state index in [4.69, 9.17) is 14.2 Å². The van der Waals surface area contributed by atoms with Gasteiger partial charge < -0.3 is 19.1 Å². The Bertz CT molecular complexity index is 601. The average Bonchev–Trinajstić information content (AvgIpc) is 2.98. The maximum Gasteiger partial charge on any atom is 0.222 e. The fraction of sp³-hybridized carbons (Fsp3) is 0.650. The Morgan fingerprint density at radius 3 is 2.56 bits per heavy atom. The molecule has 0 aromatic heterocycles. The number of carbonyl (C=O) groups is 1. The minimum absolute atomic E-state index is 0.0126. The first kappa shape index (κ1) is 18.4. The predicted molar refractivity (Wildman–Crippen MR) is 94.6 cm³/mol. The van der Waals surface area contributed by atoms with Crippen LogP contribution in [0.15, 0.2) is 30.3 Å². The van der Waals surface area contributed by atoms with Gasteiger partial charge in [-0.15, -0.1) is 0 Å². The lowest BCUT2D eigenvalue weighted by molar-refractivity contribution is -0.213. The topological polar surface area (TPSA) is 48.0 Å². The number of benzene rings is 1. The number of rotatable bonds is 5. The molecule has 1 aromatic rings. The smallest absolute Gasteiger partial charge is 0.222 e. The maximum atomic E-state index is 12.3. The second-order valence-electron chi connectivity index (χ2n) is 7.88. The van der Waals surface area contributed by atoms with Gasteiger partial charge in [-0.05, 0) is 31.7 Å². The summed E-state index contributed by atoms with van der Waals surface area (Å²) in [5.74, 6) is 0.481. The van der Waals surface area contributed by atoms with Gasteiger partial charge in [0.2, 0.25) is 5.91 Å². The van der Waals surface area contributed by atoms with Crippen molar-refractivity contribution in [3.05, 3.63) is 35.9 Å². The van der Waals surface area contributed by atoms with Gasteiger partial charge in [0.15, 0.2) is 6.29 Å². The Labute approximate surface area is 150 Å². The number of carbonyl (C=O) groups excluding carboxylic acids is 1. The van der Waals surface area contributed by atoms with Gasteiger partial charge in [0.25, 0.3) is 0 Å². The van der Waals surface area contributed by atoms with Gasteiger partial charge in [-0.25, -0.2) is 0 Å². The van der Waals surface area contributed by atoms with E-state index in [0.717, 1.165) is 12.0 Å². The quantitative estimate of drug-likeness (QED) is 0.820. The summed E-state index contributed by atoms with van der Waals surface area (Å²) in [6.07, 6.45) is 0.0793. The first-order valence-electron chi connectivity index (χ1n) is 9.08. The molecule has 5 nitrogen and oxygen atoms in total. The number of amides is 1. The molecule has 0 spiro atoms. The third-order valence-electron chi connectivity index (χ3n) is 4.90. The molecule has 5 heteroatoms. The second-order valence-corrected chi connectivity index (χ2v) is 7.88. The minimum Gasteiger partial charge on any atom is -0.345 e. The van der Waals surface area contributed by atoms with Crippen molar-refractivity contribution in [2.24, 2.45) is 5.92 Å². The van der Waals surface area contributed by atoms with Crippen molar-refractivity contribution in [3.8, 4) is 0 Å². The van der Waals surface area contributed by atoms with Crippen molar-refractivity contribution in [2.75, 3.05) is 0 Å². The molecule has 138 valence electrons. The fourth-order valence-electron chi connectivity index (χ4n) is 4.03. The summed E-state index contributed by atoms with van der Waals surface area (Å²) in [4.78, 5) is 14.1. The predicted octanol–water partition coefficient (Wildman–Crippen LogP) is 3.33. The van der Waals surface area contributed by atoms with Crippen LogP contribution in [0.1, 0.15) is 46.6 Å². The molecular weight excluding hydrogens is 318 g/mol. The molecule has 0 unspecified atom stereocenters. The Hall–Kier alpha value is -1.43. The van der Waals surface area contributed by atoms with Gasteiger partial charge >= 0.3 is 0 Å². The van der Waals surface area contributed by atoms with Crippen molar-refractivity contribution < 1.29 is 19.0 Å². The first-order chi connectivity index (χ1) is 11.8. The van der Waals surface area contributed by atoms with Crippen LogP contribution in [0.4, 0.5) is 0 Å². The molecule has 1 aromatic carbocycles. The molecule has 2 aliphatic heterocycles. The summed E-state index contributed by atoms with van der Waals surface area (Å²) in [5.41, 5.74) is 0.449. The van der Waals surface area contributed by atoms with Crippen LogP contribution < -0.4 is 0 Å². The third-order valence-corrected chi connectivity index (χ3v) is 4.90. The van der Waals surface area contributed by atoms with Crippen molar-refractivity contribution in [3.63, 3.8) is 0 Å². The molecule has 4 atom stereocenters. The van der Waals surface area contributed by atoms with Gasteiger partial charge in [0, 0.05) is 6.92 Å². The molecule has 25 heavy (non-hydrogen) atoms. The van der Waals surface area contributed by atoms with E-state index in [0.29, 0.717) is 12.5 Å². The highest BCUT2D eigenvalue weighted by Gasteiger charge is 2.59. The molecule has 2 aliphatic rings. The van der Waals surface area contributed by atoms with Crippen molar-refractivity contribution >= 4 is 5.91 Å². The Balaban J connectivity index is 1.78. The lowest BCUT2D eigenvalue weighted by Gasteiger charge is -2.35. The van der Waals surface area contributed by atoms with E-state index in [2.05, 4.69) is 13.8 Å². The highest BCUT2D eigenvalue weighted by molar-refractivity contribution is 5.75. The van der Waals surface area contributed by atoms with Crippen LogP contribution in [-0.2, 0) is 25.6 Å². The van der Waals surface area contributed by atoms with E-state index in [-0.39, 0.29) is 24.2 Å². The molecule has 0 bridgehead atoms. The summed E-state index contributed by atoms with van der Waals surface area (Å²) < 4.78 is 18.5. The monoisotopic (exact) mass is 347 g/mol. The zero-order valence-electron chi connectivity index (χ0n) is 15.8.